The smallest absolute Gasteiger partial charge is 0.465 e. The van der Waals surface area contributed by atoms with E-state index >= 15 is 0 Å². The molecule has 7 heteroatoms. The molecule has 2 aromatic rings. The molecular formula is C18H16O7. The summed E-state index contributed by atoms with van der Waals surface area (Å²) in [6.07, 6.45) is -1.10. The molecule has 0 aromatic heterocycles. The predicted octanol–water partition coefficient (Wildman–Crippen LogP) is 3.15. The number of carbonyl (C=O) groups excluding carboxylic acids is 3. The van der Waals surface area contributed by atoms with Crippen LogP contribution in [0.4, 0.5) is 4.79 Å². The number of para-hydroxylation sites is 1. The van der Waals surface area contributed by atoms with Gasteiger partial charge in [0.15, 0.2) is 0 Å². The fraction of sp³-hybridized carbons (Fsp3) is 0.167. The predicted molar refractivity (Wildman–Crippen MR) is 87.0 cm³/mol. The van der Waals surface area contributed by atoms with Gasteiger partial charge in [-0.3, -0.25) is 0 Å². The van der Waals surface area contributed by atoms with Gasteiger partial charge in [0.05, 0.1) is 14.2 Å². The highest BCUT2D eigenvalue weighted by Crippen LogP contribution is 2.25. The largest absolute Gasteiger partial charge is 0.519 e. The third kappa shape index (κ3) is 4.14. The van der Waals surface area contributed by atoms with Crippen molar-refractivity contribution in [1.82, 2.24) is 0 Å². The minimum absolute atomic E-state index is 0.00704. The van der Waals surface area contributed by atoms with Crippen LogP contribution in [-0.2, 0) is 9.47 Å². The fourth-order valence-corrected chi connectivity index (χ4v) is 2.12. The summed E-state index contributed by atoms with van der Waals surface area (Å²) in [5.41, 5.74) is 0.759. The van der Waals surface area contributed by atoms with Crippen molar-refractivity contribution in [1.29, 1.82) is 0 Å². The van der Waals surface area contributed by atoms with Crippen LogP contribution in [0, 0.1) is 6.92 Å². The second-order valence-electron chi connectivity index (χ2n) is 4.88. The summed E-state index contributed by atoms with van der Waals surface area (Å²) in [7, 11) is 2.44. The summed E-state index contributed by atoms with van der Waals surface area (Å²) >= 11 is 0. The molecule has 0 amide bonds. The quantitative estimate of drug-likeness (QED) is 0.622. The van der Waals surface area contributed by atoms with E-state index in [0.29, 0.717) is 5.56 Å². The Labute approximate surface area is 144 Å². The van der Waals surface area contributed by atoms with Crippen molar-refractivity contribution in [2.75, 3.05) is 14.2 Å². The van der Waals surface area contributed by atoms with Gasteiger partial charge in [-0.25, -0.2) is 14.4 Å². The van der Waals surface area contributed by atoms with Crippen molar-refractivity contribution in [2.24, 2.45) is 0 Å². The van der Waals surface area contributed by atoms with E-state index in [0.717, 1.165) is 0 Å². The minimum Gasteiger partial charge on any atom is -0.465 e. The molecule has 0 spiro atoms. The van der Waals surface area contributed by atoms with Crippen LogP contribution in [0.5, 0.6) is 11.5 Å². The Morgan fingerprint density at radius 2 is 1.36 bits per heavy atom. The van der Waals surface area contributed by atoms with Crippen molar-refractivity contribution in [2.45, 2.75) is 6.92 Å². The monoisotopic (exact) mass is 344 g/mol. The Kier molecular flexibility index (Phi) is 5.73. The van der Waals surface area contributed by atoms with Crippen LogP contribution >= 0.6 is 0 Å². The van der Waals surface area contributed by atoms with Crippen LogP contribution < -0.4 is 9.47 Å². The molecule has 130 valence electrons. The number of esters is 2. The van der Waals surface area contributed by atoms with Gasteiger partial charge in [0.1, 0.15) is 22.6 Å². The number of benzene rings is 2. The van der Waals surface area contributed by atoms with E-state index in [2.05, 4.69) is 4.74 Å². The molecule has 0 saturated carbocycles. The van der Waals surface area contributed by atoms with E-state index in [9.17, 15) is 14.4 Å². The Morgan fingerprint density at radius 1 is 0.760 bits per heavy atom. The van der Waals surface area contributed by atoms with Crippen molar-refractivity contribution >= 4 is 18.1 Å². The van der Waals surface area contributed by atoms with Gasteiger partial charge in [-0.2, -0.15) is 0 Å². The zero-order valence-corrected chi connectivity index (χ0v) is 13.9. The van der Waals surface area contributed by atoms with Gasteiger partial charge in [-0.15, -0.1) is 0 Å². The first kappa shape index (κ1) is 18.0. The van der Waals surface area contributed by atoms with Gasteiger partial charge in [-0.05, 0) is 30.7 Å². The number of carbonyl (C=O) groups is 3. The second-order valence-corrected chi connectivity index (χ2v) is 4.88. The molecule has 7 nitrogen and oxygen atoms in total. The number of rotatable bonds is 4. The third-order valence-electron chi connectivity index (χ3n) is 3.30. The highest BCUT2D eigenvalue weighted by molar-refractivity contribution is 5.95. The summed E-state index contributed by atoms with van der Waals surface area (Å²) < 4.78 is 19.5. The lowest BCUT2D eigenvalue weighted by Crippen LogP contribution is -2.18. The molecule has 0 unspecified atom stereocenters. The Balaban J connectivity index is 2.24. The van der Waals surface area contributed by atoms with Gasteiger partial charge in [-0.1, -0.05) is 24.3 Å². The Bertz CT molecular complexity index is 811. The highest BCUT2D eigenvalue weighted by Gasteiger charge is 2.21. The highest BCUT2D eigenvalue weighted by atomic mass is 16.7. The van der Waals surface area contributed by atoms with E-state index < -0.39 is 18.1 Å². The molecule has 25 heavy (non-hydrogen) atoms. The molecule has 0 aliphatic carbocycles. The van der Waals surface area contributed by atoms with E-state index in [4.69, 9.17) is 14.2 Å². The van der Waals surface area contributed by atoms with E-state index in [-0.39, 0.29) is 22.6 Å². The number of hydrogen-bond acceptors (Lipinski definition) is 7. The molecule has 2 aromatic carbocycles. The lowest BCUT2D eigenvalue weighted by molar-refractivity contribution is 0.0590. The maximum absolute atomic E-state index is 12.1. The maximum Gasteiger partial charge on any atom is 0.519 e. The van der Waals surface area contributed by atoms with E-state index in [1.807, 2.05) is 0 Å². The minimum atomic E-state index is -1.10. The molecular weight excluding hydrogens is 328 g/mol. The average molecular weight is 344 g/mol. The summed E-state index contributed by atoms with van der Waals surface area (Å²) in [6, 6.07) is 10.8. The van der Waals surface area contributed by atoms with Crippen LogP contribution in [0.3, 0.4) is 0 Å². The van der Waals surface area contributed by atoms with E-state index in [1.165, 1.54) is 32.4 Å². The average Bonchev–Trinajstić information content (AvgIpc) is 2.61. The molecule has 0 atom stereocenters. The first-order valence-corrected chi connectivity index (χ1v) is 7.22. The first-order chi connectivity index (χ1) is 12.0. The van der Waals surface area contributed by atoms with Crippen molar-refractivity contribution < 1.29 is 33.3 Å². The Morgan fingerprint density at radius 3 is 2.04 bits per heavy atom. The van der Waals surface area contributed by atoms with Gasteiger partial charge >= 0.3 is 18.1 Å². The summed E-state index contributed by atoms with van der Waals surface area (Å²) in [6.45, 7) is 1.68. The van der Waals surface area contributed by atoms with Crippen LogP contribution in [0.2, 0.25) is 0 Å². The Hall–Kier alpha value is -3.35. The standard InChI is InChI=1S/C18H16O7/c1-11-7-6-10-14(15(11)17(20)23-3)25-18(21)24-13-9-5-4-8-12(13)16(19)22-2/h4-10H,1-3H3. The molecule has 0 aliphatic rings. The second kappa shape index (κ2) is 7.96. The van der Waals surface area contributed by atoms with Crippen molar-refractivity contribution in [3.63, 3.8) is 0 Å². The fourth-order valence-electron chi connectivity index (χ4n) is 2.12. The van der Waals surface area contributed by atoms with Crippen LogP contribution in [0.25, 0.3) is 0 Å². The topological polar surface area (TPSA) is 88.1 Å². The molecule has 0 saturated heterocycles. The zero-order valence-electron chi connectivity index (χ0n) is 13.9. The number of hydrogen-bond donors (Lipinski definition) is 0. The molecule has 0 N–H and O–H groups in total. The molecule has 0 bridgehead atoms. The van der Waals surface area contributed by atoms with Crippen LogP contribution in [-0.4, -0.2) is 32.3 Å². The summed E-state index contributed by atoms with van der Waals surface area (Å²) in [4.78, 5) is 35.6. The lowest BCUT2D eigenvalue weighted by atomic mass is 10.1. The SMILES string of the molecule is COC(=O)c1ccccc1OC(=O)Oc1cccc(C)c1C(=O)OC. The third-order valence-corrected chi connectivity index (χ3v) is 3.30. The number of aryl methyl sites for hydroxylation is 1. The molecule has 0 aliphatic heterocycles. The van der Waals surface area contributed by atoms with Crippen LogP contribution in [0.1, 0.15) is 26.3 Å². The number of ether oxygens (including phenoxy) is 4. The maximum atomic E-state index is 12.1. The van der Waals surface area contributed by atoms with E-state index in [1.54, 1.807) is 31.2 Å². The molecule has 0 radical (unpaired) electrons. The molecule has 0 fully saturated rings. The van der Waals surface area contributed by atoms with Crippen molar-refractivity contribution in [3.05, 3.63) is 59.2 Å². The lowest BCUT2D eigenvalue weighted by Gasteiger charge is -2.12. The summed E-state index contributed by atoms with van der Waals surface area (Å²) in [5.74, 6) is -1.33. The molecule has 0 heterocycles. The summed E-state index contributed by atoms with van der Waals surface area (Å²) in [5, 5.41) is 0. The zero-order chi connectivity index (χ0) is 18.4. The van der Waals surface area contributed by atoms with Gasteiger partial charge < -0.3 is 18.9 Å². The first-order valence-electron chi connectivity index (χ1n) is 7.22. The van der Waals surface area contributed by atoms with Crippen molar-refractivity contribution in [3.8, 4) is 11.5 Å². The molecule has 2 rings (SSSR count). The van der Waals surface area contributed by atoms with Gasteiger partial charge in [0.25, 0.3) is 0 Å². The normalized spacial score (nSPS) is 9.88. The van der Waals surface area contributed by atoms with Crippen LogP contribution in [0.15, 0.2) is 42.5 Å². The van der Waals surface area contributed by atoms with Gasteiger partial charge in [0, 0.05) is 0 Å². The number of methoxy groups -OCH3 is 2. The van der Waals surface area contributed by atoms with Gasteiger partial charge in [0.2, 0.25) is 0 Å².